The van der Waals surface area contributed by atoms with E-state index in [9.17, 15) is 14.0 Å². The molecule has 0 aliphatic carbocycles. The second-order valence-electron chi connectivity index (χ2n) is 10.8. The van der Waals surface area contributed by atoms with E-state index in [0.29, 0.717) is 33.1 Å². The molecule has 8 heteroatoms. The van der Waals surface area contributed by atoms with Crippen molar-refractivity contribution in [3.63, 3.8) is 0 Å². The third-order valence-electron chi connectivity index (χ3n) is 7.72. The Kier molecular flexibility index (Phi) is 7.24. The van der Waals surface area contributed by atoms with E-state index in [1.165, 1.54) is 36.1 Å². The summed E-state index contributed by atoms with van der Waals surface area (Å²) in [4.78, 5) is 32.3. The normalized spacial score (nSPS) is 15.3. The van der Waals surface area contributed by atoms with Crippen molar-refractivity contribution >= 4 is 34.3 Å². The third-order valence-corrected chi connectivity index (χ3v) is 8.70. The molecular formula is C34H30FN3O3S. The first-order valence-electron chi connectivity index (χ1n) is 13.8. The molecule has 3 aromatic carbocycles. The summed E-state index contributed by atoms with van der Waals surface area (Å²) in [6.45, 7) is 6.59. The zero-order chi connectivity index (χ0) is 29.5. The molecule has 0 fully saturated rings. The van der Waals surface area contributed by atoms with Crippen LogP contribution in [0.15, 0.2) is 100 Å². The van der Waals surface area contributed by atoms with E-state index < -0.39 is 12.0 Å². The highest BCUT2D eigenvalue weighted by atomic mass is 32.1. The maximum atomic E-state index is 14.1. The molecule has 212 valence electrons. The first kappa shape index (κ1) is 27.6. The Balaban J connectivity index is 1.50. The number of thiazole rings is 1. The van der Waals surface area contributed by atoms with Crippen molar-refractivity contribution in [1.29, 1.82) is 0 Å². The van der Waals surface area contributed by atoms with Crippen LogP contribution in [-0.4, -0.2) is 22.2 Å². The van der Waals surface area contributed by atoms with Crippen LogP contribution in [0.1, 0.15) is 55.0 Å². The highest BCUT2D eigenvalue weighted by molar-refractivity contribution is 7.07. The largest absolute Gasteiger partial charge is 0.466 e. The van der Waals surface area contributed by atoms with Gasteiger partial charge in [0.05, 0.1) is 29.0 Å². The number of para-hydroxylation sites is 1. The average molecular weight is 580 g/mol. The van der Waals surface area contributed by atoms with Gasteiger partial charge in [0, 0.05) is 29.2 Å². The van der Waals surface area contributed by atoms with Gasteiger partial charge in [-0.2, -0.15) is 0 Å². The van der Waals surface area contributed by atoms with Gasteiger partial charge in [-0.3, -0.25) is 9.36 Å². The third kappa shape index (κ3) is 4.92. The first-order chi connectivity index (χ1) is 20.2. The van der Waals surface area contributed by atoms with Gasteiger partial charge >= 0.3 is 5.97 Å². The number of allylic oxidation sites excluding steroid dienone is 1. The number of esters is 1. The highest BCUT2D eigenvalue weighted by Gasteiger charge is 2.33. The van der Waals surface area contributed by atoms with Crippen molar-refractivity contribution in [2.45, 2.75) is 39.3 Å². The van der Waals surface area contributed by atoms with Gasteiger partial charge in [-0.25, -0.2) is 14.2 Å². The molecule has 0 bridgehead atoms. The molecule has 1 aliphatic rings. The lowest BCUT2D eigenvalue weighted by molar-refractivity contribution is -0.136. The summed E-state index contributed by atoms with van der Waals surface area (Å²) in [6, 6.07) is 21.8. The topological polar surface area (TPSA) is 65.6 Å². The highest BCUT2D eigenvalue weighted by Crippen LogP contribution is 2.31. The number of ether oxygens (including phenoxy) is 1. The Labute approximate surface area is 246 Å². The number of fused-ring (bicyclic) bond motifs is 2. The van der Waals surface area contributed by atoms with Gasteiger partial charge in [-0.05, 0) is 53.8 Å². The smallest absolute Gasteiger partial charge is 0.338 e. The van der Waals surface area contributed by atoms with E-state index in [0.717, 1.165) is 27.6 Å². The standard InChI is InChI=1S/C34H30FN3O3S/c1-20(2)23-11-13-24(14-12-23)31-30(33(40)41-4)21(3)36-34-38(31)32(39)29(42-34)17-25-19-37(28-8-6-5-7-27(25)28)18-22-9-15-26(35)16-10-22/h5-17,19-20,31H,18H2,1-4H3. The van der Waals surface area contributed by atoms with Gasteiger partial charge in [-0.15, -0.1) is 0 Å². The minimum absolute atomic E-state index is 0.221. The van der Waals surface area contributed by atoms with Crippen LogP contribution in [0.2, 0.25) is 0 Å². The van der Waals surface area contributed by atoms with E-state index >= 15 is 0 Å². The summed E-state index contributed by atoms with van der Waals surface area (Å²) in [5, 5.41) is 0.998. The van der Waals surface area contributed by atoms with E-state index in [1.54, 1.807) is 23.6 Å². The molecule has 0 N–H and O–H groups in total. The maximum Gasteiger partial charge on any atom is 0.338 e. The Morgan fingerprint density at radius 2 is 1.79 bits per heavy atom. The van der Waals surface area contributed by atoms with Gasteiger partial charge in [-0.1, -0.05) is 79.8 Å². The van der Waals surface area contributed by atoms with Crippen LogP contribution in [0.5, 0.6) is 0 Å². The van der Waals surface area contributed by atoms with Crippen molar-refractivity contribution < 1.29 is 13.9 Å². The molecule has 1 aliphatic heterocycles. The summed E-state index contributed by atoms with van der Waals surface area (Å²) in [5.41, 5.74) is 5.51. The van der Waals surface area contributed by atoms with E-state index in [-0.39, 0.29) is 11.4 Å². The molecule has 0 saturated carbocycles. The predicted octanol–water partition coefficient (Wildman–Crippen LogP) is 5.67. The summed E-state index contributed by atoms with van der Waals surface area (Å²) in [7, 11) is 1.34. The zero-order valence-electron chi connectivity index (χ0n) is 23.8. The summed E-state index contributed by atoms with van der Waals surface area (Å²) in [6.07, 6.45) is 3.91. The first-order valence-corrected chi connectivity index (χ1v) is 14.6. The fraction of sp³-hybridized carbons (Fsp3) is 0.206. The molecule has 3 heterocycles. The molecule has 6 nitrogen and oxygen atoms in total. The number of aromatic nitrogens is 2. The van der Waals surface area contributed by atoms with Gasteiger partial charge in [0.1, 0.15) is 5.82 Å². The van der Waals surface area contributed by atoms with Crippen molar-refractivity contribution in [2.24, 2.45) is 4.99 Å². The second kappa shape index (κ2) is 11.0. The van der Waals surface area contributed by atoms with Gasteiger partial charge in [0.25, 0.3) is 5.56 Å². The van der Waals surface area contributed by atoms with Crippen LogP contribution in [-0.2, 0) is 16.1 Å². The molecule has 0 saturated heterocycles. The molecule has 1 unspecified atom stereocenters. The van der Waals surface area contributed by atoms with Crippen molar-refractivity contribution in [3.05, 3.63) is 138 Å². The number of halogens is 1. The number of hydrogen-bond acceptors (Lipinski definition) is 5. The average Bonchev–Trinajstić information content (AvgIpc) is 3.49. The molecule has 42 heavy (non-hydrogen) atoms. The molecule has 0 amide bonds. The monoisotopic (exact) mass is 579 g/mol. The van der Waals surface area contributed by atoms with Crippen LogP contribution in [0.25, 0.3) is 17.0 Å². The molecule has 5 aromatic rings. The fourth-order valence-electron chi connectivity index (χ4n) is 5.52. The van der Waals surface area contributed by atoms with Crippen LogP contribution in [0, 0.1) is 5.82 Å². The lowest BCUT2D eigenvalue weighted by Gasteiger charge is -2.24. The summed E-state index contributed by atoms with van der Waals surface area (Å²) < 4.78 is 22.8. The SMILES string of the molecule is COC(=O)C1=C(C)N=c2sc(=Cc3cn(Cc4ccc(F)cc4)c4ccccc34)c(=O)n2C1c1ccc(C(C)C)cc1. The molecule has 0 radical (unpaired) electrons. The minimum Gasteiger partial charge on any atom is -0.466 e. The second-order valence-corrected chi connectivity index (χ2v) is 11.8. The number of benzene rings is 3. The van der Waals surface area contributed by atoms with Crippen molar-refractivity contribution in [1.82, 2.24) is 9.13 Å². The van der Waals surface area contributed by atoms with E-state index in [4.69, 9.17) is 4.74 Å². The Bertz CT molecular complexity index is 2030. The predicted molar refractivity (Wildman–Crippen MR) is 164 cm³/mol. The van der Waals surface area contributed by atoms with E-state index in [1.807, 2.05) is 60.8 Å². The van der Waals surface area contributed by atoms with Crippen molar-refractivity contribution in [2.75, 3.05) is 7.11 Å². The molecular weight excluding hydrogens is 549 g/mol. The number of methoxy groups -OCH3 is 1. The lowest BCUT2D eigenvalue weighted by atomic mass is 9.93. The van der Waals surface area contributed by atoms with Crippen LogP contribution < -0.4 is 14.9 Å². The van der Waals surface area contributed by atoms with Crippen molar-refractivity contribution in [3.8, 4) is 0 Å². The molecule has 6 rings (SSSR count). The number of carbonyl (C=O) groups excluding carboxylic acids is 1. The van der Waals surface area contributed by atoms with Crippen LogP contribution in [0.3, 0.4) is 0 Å². The maximum absolute atomic E-state index is 14.1. The summed E-state index contributed by atoms with van der Waals surface area (Å²) in [5.74, 6) is -0.428. The number of hydrogen-bond donors (Lipinski definition) is 0. The zero-order valence-corrected chi connectivity index (χ0v) is 24.6. The number of carbonyl (C=O) groups is 1. The fourth-order valence-corrected chi connectivity index (χ4v) is 6.56. The van der Waals surface area contributed by atoms with Crippen LogP contribution >= 0.6 is 11.3 Å². The minimum atomic E-state index is -0.656. The van der Waals surface area contributed by atoms with Gasteiger partial charge < -0.3 is 9.30 Å². The Morgan fingerprint density at radius 1 is 1.07 bits per heavy atom. The number of nitrogens with zero attached hydrogens (tertiary/aromatic N) is 3. The Hall–Kier alpha value is -4.56. The quantitative estimate of drug-likeness (QED) is 0.244. The van der Waals surface area contributed by atoms with E-state index in [2.05, 4.69) is 23.4 Å². The van der Waals surface area contributed by atoms with Gasteiger partial charge in [0.2, 0.25) is 0 Å². The Morgan fingerprint density at radius 3 is 2.48 bits per heavy atom. The molecule has 2 aromatic heterocycles. The van der Waals surface area contributed by atoms with Gasteiger partial charge in [0.15, 0.2) is 4.80 Å². The molecule has 0 spiro atoms. The number of rotatable bonds is 6. The summed E-state index contributed by atoms with van der Waals surface area (Å²) >= 11 is 1.30. The molecule has 1 atom stereocenters. The van der Waals surface area contributed by atoms with Crippen LogP contribution in [0.4, 0.5) is 4.39 Å². The lowest BCUT2D eigenvalue weighted by Crippen LogP contribution is -2.39.